The fraction of sp³-hybridized carbons (Fsp3) is 0.222. The molecule has 2 N–H and O–H groups in total. The summed E-state index contributed by atoms with van der Waals surface area (Å²) in [7, 11) is 1.70. The standard InChI is InChI=1S/C18H17ClN2O/c1-22-11-6-7-16-14(10-11)12-8-9-20-17(18(12)21-16)13-4-2-3-5-15(13)19/h2-7,10,17,20-21H,8-9H2,1H3. The van der Waals surface area contributed by atoms with Crippen molar-refractivity contribution >= 4 is 22.5 Å². The van der Waals surface area contributed by atoms with E-state index in [0.717, 1.165) is 34.8 Å². The highest BCUT2D eigenvalue weighted by Gasteiger charge is 2.26. The van der Waals surface area contributed by atoms with Crippen LogP contribution in [0, 0.1) is 0 Å². The number of aromatic amines is 1. The summed E-state index contributed by atoms with van der Waals surface area (Å²) in [6, 6.07) is 14.3. The van der Waals surface area contributed by atoms with Crippen molar-refractivity contribution in [2.75, 3.05) is 13.7 Å². The first kappa shape index (κ1) is 13.7. The predicted molar refractivity (Wildman–Crippen MR) is 89.9 cm³/mol. The number of hydrogen-bond donors (Lipinski definition) is 2. The molecule has 1 aromatic heterocycles. The largest absolute Gasteiger partial charge is 0.497 e. The Kier molecular flexibility index (Phi) is 3.32. The van der Waals surface area contributed by atoms with E-state index in [4.69, 9.17) is 16.3 Å². The van der Waals surface area contributed by atoms with Crippen LogP contribution in [0.1, 0.15) is 22.9 Å². The van der Waals surface area contributed by atoms with Gasteiger partial charge in [0.05, 0.1) is 13.2 Å². The predicted octanol–water partition coefficient (Wildman–Crippen LogP) is 4.07. The molecule has 3 aromatic rings. The van der Waals surface area contributed by atoms with Crippen molar-refractivity contribution in [3.8, 4) is 5.75 Å². The quantitative estimate of drug-likeness (QED) is 0.748. The summed E-state index contributed by atoms with van der Waals surface area (Å²) in [6.07, 6.45) is 1.00. The number of hydrogen-bond acceptors (Lipinski definition) is 2. The molecule has 112 valence electrons. The molecule has 1 aliphatic rings. The van der Waals surface area contributed by atoms with E-state index in [1.54, 1.807) is 7.11 Å². The van der Waals surface area contributed by atoms with E-state index in [2.05, 4.69) is 28.5 Å². The lowest BCUT2D eigenvalue weighted by atomic mass is 9.94. The first-order valence-electron chi connectivity index (χ1n) is 7.44. The van der Waals surface area contributed by atoms with E-state index in [1.807, 2.05) is 24.3 Å². The summed E-state index contributed by atoms with van der Waals surface area (Å²) < 4.78 is 5.36. The minimum atomic E-state index is 0.107. The molecule has 0 saturated carbocycles. The zero-order valence-electron chi connectivity index (χ0n) is 12.3. The summed E-state index contributed by atoms with van der Waals surface area (Å²) in [5.74, 6) is 0.891. The smallest absolute Gasteiger partial charge is 0.119 e. The lowest BCUT2D eigenvalue weighted by Gasteiger charge is -2.25. The number of rotatable bonds is 2. The highest BCUT2D eigenvalue weighted by molar-refractivity contribution is 6.31. The summed E-state index contributed by atoms with van der Waals surface area (Å²) in [5.41, 5.74) is 4.83. The highest BCUT2D eigenvalue weighted by atomic mass is 35.5. The van der Waals surface area contributed by atoms with Crippen molar-refractivity contribution in [2.24, 2.45) is 0 Å². The zero-order chi connectivity index (χ0) is 15.1. The molecule has 3 nitrogen and oxygen atoms in total. The normalized spacial score (nSPS) is 17.5. The maximum atomic E-state index is 6.40. The molecule has 0 spiro atoms. The van der Waals surface area contributed by atoms with Crippen LogP contribution in [0.4, 0.5) is 0 Å². The molecule has 0 amide bonds. The van der Waals surface area contributed by atoms with E-state index < -0.39 is 0 Å². The van der Waals surface area contributed by atoms with Crippen LogP contribution < -0.4 is 10.1 Å². The Morgan fingerprint density at radius 3 is 2.86 bits per heavy atom. The van der Waals surface area contributed by atoms with Crippen molar-refractivity contribution in [1.82, 2.24) is 10.3 Å². The van der Waals surface area contributed by atoms with Gasteiger partial charge in [-0.3, -0.25) is 0 Å². The van der Waals surface area contributed by atoms with Crippen LogP contribution >= 0.6 is 11.6 Å². The zero-order valence-corrected chi connectivity index (χ0v) is 13.1. The van der Waals surface area contributed by atoms with Crippen LogP contribution in [0.2, 0.25) is 5.02 Å². The van der Waals surface area contributed by atoms with Gasteiger partial charge in [0, 0.05) is 28.2 Å². The van der Waals surface area contributed by atoms with E-state index >= 15 is 0 Å². The first-order valence-corrected chi connectivity index (χ1v) is 7.82. The second kappa shape index (κ2) is 5.34. The van der Waals surface area contributed by atoms with Gasteiger partial charge in [-0.25, -0.2) is 0 Å². The molecule has 1 unspecified atom stereocenters. The van der Waals surface area contributed by atoms with Crippen LogP contribution in [0.25, 0.3) is 10.9 Å². The van der Waals surface area contributed by atoms with Gasteiger partial charge in [0.2, 0.25) is 0 Å². The van der Waals surface area contributed by atoms with Gasteiger partial charge in [-0.15, -0.1) is 0 Å². The Bertz CT molecular complexity index is 840. The maximum Gasteiger partial charge on any atom is 0.119 e. The monoisotopic (exact) mass is 312 g/mol. The second-order valence-corrected chi connectivity index (χ2v) is 5.99. The lowest BCUT2D eigenvalue weighted by molar-refractivity contribution is 0.415. The van der Waals surface area contributed by atoms with Gasteiger partial charge in [-0.2, -0.15) is 0 Å². The molecule has 0 aliphatic carbocycles. The van der Waals surface area contributed by atoms with Crippen molar-refractivity contribution in [3.05, 3.63) is 64.3 Å². The molecule has 1 aliphatic heterocycles. The molecular formula is C18H17ClN2O. The number of halogens is 1. The van der Waals surface area contributed by atoms with E-state index in [-0.39, 0.29) is 6.04 Å². The van der Waals surface area contributed by atoms with Crippen LogP contribution in [-0.2, 0) is 6.42 Å². The molecule has 1 atom stereocenters. The Labute approximate surface area is 134 Å². The van der Waals surface area contributed by atoms with Crippen LogP contribution in [0.3, 0.4) is 0 Å². The highest BCUT2D eigenvalue weighted by Crippen LogP contribution is 2.36. The molecule has 0 bridgehead atoms. The van der Waals surface area contributed by atoms with Gasteiger partial charge in [-0.1, -0.05) is 29.8 Å². The molecule has 2 heterocycles. The average Bonchev–Trinajstić information content (AvgIpc) is 2.93. The topological polar surface area (TPSA) is 37.0 Å². The number of fused-ring (bicyclic) bond motifs is 3. The number of H-pyrrole nitrogens is 1. The van der Waals surface area contributed by atoms with Crippen molar-refractivity contribution < 1.29 is 4.74 Å². The number of ether oxygens (including phenoxy) is 1. The maximum absolute atomic E-state index is 6.40. The third-order valence-corrected chi connectivity index (χ3v) is 4.72. The summed E-state index contributed by atoms with van der Waals surface area (Å²) in [5, 5.41) is 5.61. The second-order valence-electron chi connectivity index (χ2n) is 5.59. The van der Waals surface area contributed by atoms with Crippen LogP contribution in [-0.4, -0.2) is 18.6 Å². The fourth-order valence-corrected chi connectivity index (χ4v) is 3.55. The molecule has 22 heavy (non-hydrogen) atoms. The van der Waals surface area contributed by atoms with Crippen molar-refractivity contribution in [1.29, 1.82) is 0 Å². The van der Waals surface area contributed by atoms with Crippen LogP contribution in [0.5, 0.6) is 5.75 Å². The van der Waals surface area contributed by atoms with Crippen molar-refractivity contribution in [3.63, 3.8) is 0 Å². The summed E-state index contributed by atoms with van der Waals surface area (Å²) >= 11 is 6.40. The number of methoxy groups -OCH3 is 1. The van der Waals surface area contributed by atoms with Gasteiger partial charge in [-0.05, 0) is 41.8 Å². The number of nitrogens with one attached hydrogen (secondary N) is 2. The first-order chi connectivity index (χ1) is 10.8. The molecule has 0 radical (unpaired) electrons. The summed E-state index contributed by atoms with van der Waals surface area (Å²) in [6.45, 7) is 0.938. The van der Waals surface area contributed by atoms with Crippen LogP contribution in [0.15, 0.2) is 42.5 Å². The van der Waals surface area contributed by atoms with E-state index in [9.17, 15) is 0 Å². The minimum Gasteiger partial charge on any atom is -0.497 e. The van der Waals surface area contributed by atoms with Gasteiger partial charge < -0.3 is 15.0 Å². The fourth-order valence-electron chi connectivity index (χ4n) is 3.31. The van der Waals surface area contributed by atoms with Gasteiger partial charge >= 0.3 is 0 Å². The SMILES string of the molecule is COc1ccc2[nH]c3c(c2c1)CCNC3c1ccccc1Cl. The summed E-state index contributed by atoms with van der Waals surface area (Å²) in [4.78, 5) is 3.57. The Hall–Kier alpha value is -1.97. The van der Waals surface area contributed by atoms with Crippen molar-refractivity contribution in [2.45, 2.75) is 12.5 Å². The van der Waals surface area contributed by atoms with Gasteiger partial charge in [0.25, 0.3) is 0 Å². The third-order valence-electron chi connectivity index (χ3n) is 4.37. The average molecular weight is 313 g/mol. The molecule has 4 heteroatoms. The molecule has 4 rings (SSSR count). The lowest BCUT2D eigenvalue weighted by Crippen LogP contribution is -2.30. The third kappa shape index (κ3) is 2.09. The van der Waals surface area contributed by atoms with E-state index in [1.165, 1.54) is 16.6 Å². The Balaban J connectivity index is 1.90. The van der Waals surface area contributed by atoms with Gasteiger partial charge in [0.15, 0.2) is 0 Å². The number of aromatic nitrogens is 1. The van der Waals surface area contributed by atoms with Gasteiger partial charge in [0.1, 0.15) is 5.75 Å². The Morgan fingerprint density at radius 1 is 1.18 bits per heavy atom. The molecule has 2 aromatic carbocycles. The molecule has 0 fully saturated rings. The molecular weight excluding hydrogens is 296 g/mol. The Morgan fingerprint density at radius 2 is 2.05 bits per heavy atom. The van der Waals surface area contributed by atoms with E-state index in [0.29, 0.717) is 0 Å². The number of benzene rings is 2. The minimum absolute atomic E-state index is 0.107. The molecule has 0 saturated heterocycles.